The van der Waals surface area contributed by atoms with Gasteiger partial charge in [0.05, 0.1) is 12.8 Å². The van der Waals surface area contributed by atoms with E-state index >= 15 is 0 Å². The molecule has 1 rings (SSSR count). The van der Waals surface area contributed by atoms with Gasteiger partial charge in [-0.15, -0.1) is 13.2 Å². The number of nitrogens with zero attached hydrogens (tertiary/aromatic N) is 1. The molecule has 0 aliphatic rings. The molecule has 1 aromatic carbocycles. The fourth-order valence-electron chi connectivity index (χ4n) is 1.14. The van der Waals surface area contributed by atoms with Crippen LogP contribution < -0.4 is 9.80 Å². The van der Waals surface area contributed by atoms with Gasteiger partial charge in [-0.05, 0) is 12.1 Å². The maximum atomic E-state index is 12.1. The van der Waals surface area contributed by atoms with Crippen LogP contribution in [0.15, 0.2) is 24.3 Å². The number of rotatable bonds is 3. The van der Waals surface area contributed by atoms with E-state index in [0.29, 0.717) is 5.75 Å². The van der Waals surface area contributed by atoms with Crippen molar-refractivity contribution in [1.29, 1.82) is 0 Å². The molecule has 1 aromatic rings. The van der Waals surface area contributed by atoms with Gasteiger partial charge in [0.1, 0.15) is 5.75 Å². The minimum Gasteiger partial charge on any atom is -0.497 e. The van der Waals surface area contributed by atoms with Crippen LogP contribution in [-0.2, 0) is 9.63 Å². The summed E-state index contributed by atoms with van der Waals surface area (Å²) in [6, 6.07) is 5.54. The minimum atomic E-state index is -4.94. The van der Waals surface area contributed by atoms with Crippen LogP contribution in [0.25, 0.3) is 0 Å². The van der Waals surface area contributed by atoms with Crippen molar-refractivity contribution in [3.05, 3.63) is 24.3 Å². The van der Waals surface area contributed by atoms with Crippen LogP contribution in [0.2, 0.25) is 0 Å². The second-order valence-electron chi connectivity index (χ2n) is 3.05. The summed E-state index contributed by atoms with van der Waals surface area (Å²) in [6.45, 7) is 0.964. The summed E-state index contributed by atoms with van der Waals surface area (Å²) in [5.74, 6) is -0.574. The minimum absolute atomic E-state index is 0.0609. The zero-order valence-electron chi connectivity index (χ0n) is 9.12. The first-order chi connectivity index (χ1) is 7.83. The SMILES string of the molecule is COc1cccc(N(OC(F)(F)F)C(C)=O)c1. The number of alkyl halides is 3. The largest absolute Gasteiger partial charge is 0.544 e. The predicted octanol–water partition coefficient (Wildman–Crippen LogP) is 2.50. The molecule has 0 saturated heterocycles. The van der Waals surface area contributed by atoms with Gasteiger partial charge in [0.25, 0.3) is 0 Å². The van der Waals surface area contributed by atoms with Gasteiger partial charge < -0.3 is 4.74 Å². The Hall–Kier alpha value is -1.76. The van der Waals surface area contributed by atoms with E-state index in [9.17, 15) is 18.0 Å². The smallest absolute Gasteiger partial charge is 0.497 e. The zero-order chi connectivity index (χ0) is 13.1. The van der Waals surface area contributed by atoms with Crippen LogP contribution >= 0.6 is 0 Å². The van der Waals surface area contributed by atoms with Crippen molar-refractivity contribution in [3.8, 4) is 5.75 Å². The molecule has 0 fully saturated rings. The number of carbonyl (C=O) groups is 1. The van der Waals surface area contributed by atoms with Gasteiger partial charge in [-0.2, -0.15) is 9.90 Å². The van der Waals surface area contributed by atoms with Gasteiger partial charge in [-0.3, -0.25) is 4.79 Å². The van der Waals surface area contributed by atoms with E-state index in [1.54, 1.807) is 0 Å². The molecule has 94 valence electrons. The summed E-state index contributed by atoms with van der Waals surface area (Å²) in [5, 5.41) is 0.155. The Morgan fingerprint density at radius 2 is 2.00 bits per heavy atom. The van der Waals surface area contributed by atoms with Crippen molar-refractivity contribution < 1.29 is 27.5 Å². The molecule has 0 aliphatic heterocycles. The van der Waals surface area contributed by atoms with Gasteiger partial charge >= 0.3 is 6.36 Å². The lowest BCUT2D eigenvalue weighted by Crippen LogP contribution is -2.35. The summed E-state index contributed by atoms with van der Waals surface area (Å²) in [7, 11) is 1.36. The second-order valence-corrected chi connectivity index (χ2v) is 3.05. The lowest BCUT2D eigenvalue weighted by atomic mass is 10.3. The number of halogens is 3. The van der Waals surface area contributed by atoms with Crippen LogP contribution in [0, 0.1) is 0 Å². The molecule has 4 nitrogen and oxygen atoms in total. The molecule has 1 amide bonds. The highest BCUT2D eigenvalue weighted by molar-refractivity contribution is 5.89. The first-order valence-corrected chi connectivity index (χ1v) is 4.54. The summed E-state index contributed by atoms with van der Waals surface area (Å²) in [6.07, 6.45) is -4.94. The monoisotopic (exact) mass is 249 g/mol. The van der Waals surface area contributed by atoms with Gasteiger partial charge in [-0.1, -0.05) is 6.07 Å². The van der Waals surface area contributed by atoms with Crippen LogP contribution in [-0.4, -0.2) is 19.4 Å². The Labute approximate surface area is 95.5 Å². The maximum absolute atomic E-state index is 12.1. The Balaban J connectivity index is 3.01. The van der Waals surface area contributed by atoms with Crippen LogP contribution in [0.4, 0.5) is 18.9 Å². The van der Waals surface area contributed by atoms with Crippen molar-refractivity contribution >= 4 is 11.6 Å². The third-order valence-corrected chi connectivity index (χ3v) is 1.77. The number of methoxy groups -OCH3 is 1. The molecule has 0 bridgehead atoms. The lowest BCUT2D eigenvalue weighted by Gasteiger charge is -2.21. The highest BCUT2D eigenvalue weighted by atomic mass is 19.4. The van der Waals surface area contributed by atoms with Gasteiger partial charge in [0, 0.05) is 13.0 Å². The van der Waals surface area contributed by atoms with Crippen molar-refractivity contribution in [2.24, 2.45) is 0 Å². The van der Waals surface area contributed by atoms with Gasteiger partial charge in [0.2, 0.25) is 5.91 Å². The average Bonchev–Trinajstić information content (AvgIpc) is 2.24. The fraction of sp³-hybridized carbons (Fsp3) is 0.300. The normalized spacial score (nSPS) is 11.1. The molecule has 0 radical (unpaired) electrons. The molecule has 0 heterocycles. The molecular formula is C10H10F3NO3. The number of benzene rings is 1. The maximum Gasteiger partial charge on any atom is 0.544 e. The van der Waals surface area contributed by atoms with Crippen LogP contribution in [0.3, 0.4) is 0 Å². The molecule has 17 heavy (non-hydrogen) atoms. The van der Waals surface area contributed by atoms with Gasteiger partial charge in [0.15, 0.2) is 0 Å². The number of anilines is 1. The third kappa shape index (κ3) is 3.95. The molecule has 0 N–H and O–H groups in total. The number of hydrogen-bond donors (Lipinski definition) is 0. The molecular weight excluding hydrogens is 239 g/mol. The summed E-state index contributed by atoms with van der Waals surface area (Å²) in [4.78, 5) is 14.7. The molecule has 0 saturated carbocycles. The number of carbonyl (C=O) groups excluding carboxylic acids is 1. The van der Waals surface area contributed by atoms with E-state index in [1.165, 1.54) is 31.4 Å². The molecule has 0 atom stereocenters. The van der Waals surface area contributed by atoms with Crippen molar-refractivity contribution in [2.45, 2.75) is 13.3 Å². The first-order valence-electron chi connectivity index (χ1n) is 4.54. The summed E-state index contributed by atoms with van der Waals surface area (Å²) in [5.41, 5.74) is -0.0609. The second kappa shape index (κ2) is 5.05. The number of hydroxylamine groups is 1. The van der Waals surface area contributed by atoms with E-state index in [2.05, 4.69) is 4.84 Å². The Kier molecular flexibility index (Phi) is 3.95. The van der Waals surface area contributed by atoms with E-state index in [4.69, 9.17) is 4.74 Å². The summed E-state index contributed by atoms with van der Waals surface area (Å²) < 4.78 is 41.1. The first kappa shape index (κ1) is 13.3. The molecule has 0 spiro atoms. The third-order valence-electron chi connectivity index (χ3n) is 1.77. The zero-order valence-corrected chi connectivity index (χ0v) is 9.12. The lowest BCUT2D eigenvalue weighted by molar-refractivity contribution is -0.327. The molecule has 0 aromatic heterocycles. The Morgan fingerprint density at radius 1 is 1.35 bits per heavy atom. The summed E-state index contributed by atoms with van der Waals surface area (Å²) >= 11 is 0. The standard InChI is InChI=1S/C10H10F3NO3/c1-7(15)14(17-10(11,12)13)8-4-3-5-9(6-8)16-2/h3-6H,1-2H3. The van der Waals surface area contributed by atoms with Crippen molar-refractivity contribution in [1.82, 2.24) is 0 Å². The molecule has 7 heteroatoms. The Morgan fingerprint density at radius 3 is 2.47 bits per heavy atom. The number of ether oxygens (including phenoxy) is 1. The number of hydrogen-bond acceptors (Lipinski definition) is 3. The molecule has 0 unspecified atom stereocenters. The topological polar surface area (TPSA) is 38.8 Å². The van der Waals surface area contributed by atoms with E-state index in [0.717, 1.165) is 6.92 Å². The highest BCUT2D eigenvalue weighted by Gasteiger charge is 2.35. The van der Waals surface area contributed by atoms with Crippen LogP contribution in [0.1, 0.15) is 6.92 Å². The Bertz CT molecular complexity index is 406. The van der Waals surface area contributed by atoms with Crippen LogP contribution in [0.5, 0.6) is 5.75 Å². The van der Waals surface area contributed by atoms with Crippen molar-refractivity contribution in [2.75, 3.05) is 12.2 Å². The van der Waals surface area contributed by atoms with E-state index in [-0.39, 0.29) is 10.8 Å². The quantitative estimate of drug-likeness (QED) is 0.772. The van der Waals surface area contributed by atoms with Gasteiger partial charge in [-0.25, -0.2) is 0 Å². The molecule has 0 aliphatic carbocycles. The predicted molar refractivity (Wildman–Crippen MR) is 53.3 cm³/mol. The van der Waals surface area contributed by atoms with E-state index < -0.39 is 12.3 Å². The number of amides is 1. The highest BCUT2D eigenvalue weighted by Crippen LogP contribution is 2.26. The fourth-order valence-corrected chi connectivity index (χ4v) is 1.14. The van der Waals surface area contributed by atoms with E-state index in [1.807, 2.05) is 0 Å². The average molecular weight is 249 g/mol. The van der Waals surface area contributed by atoms with Crippen molar-refractivity contribution in [3.63, 3.8) is 0 Å².